The summed E-state index contributed by atoms with van der Waals surface area (Å²) in [5.41, 5.74) is 6.13. The largest absolute Gasteiger partial charge is 0.350 e. The van der Waals surface area contributed by atoms with Crippen molar-refractivity contribution in [2.75, 3.05) is 6.54 Å². The van der Waals surface area contributed by atoms with Crippen molar-refractivity contribution < 1.29 is 4.79 Å². The Morgan fingerprint density at radius 3 is 3.09 bits per heavy atom. The van der Waals surface area contributed by atoms with Crippen molar-refractivity contribution in [3.8, 4) is 0 Å². The molecule has 0 saturated heterocycles. The molecule has 0 unspecified atom stereocenters. The van der Waals surface area contributed by atoms with Gasteiger partial charge < -0.3 is 5.73 Å². The van der Waals surface area contributed by atoms with Crippen LogP contribution in [-0.4, -0.2) is 23.3 Å². The number of primary amides is 1. The van der Waals surface area contributed by atoms with Gasteiger partial charge in [-0.2, -0.15) is 5.10 Å². The maximum Gasteiger partial charge on any atom is 0.335 e. The molecule has 0 aliphatic carbocycles. The molecule has 1 aliphatic heterocycles. The highest BCUT2D eigenvalue weighted by molar-refractivity contribution is 5.86. The summed E-state index contributed by atoms with van der Waals surface area (Å²) >= 11 is 0. The zero-order chi connectivity index (χ0) is 8.27. The standard InChI is InChI=1S/C7H13N3O/c1-2-6-4-3-5-10(9-6)7(8)11/h2-5H2,1H3,(H2,8,11). The minimum atomic E-state index is -0.448. The van der Waals surface area contributed by atoms with Crippen LogP contribution in [0.25, 0.3) is 0 Å². The molecule has 0 spiro atoms. The van der Waals surface area contributed by atoms with E-state index < -0.39 is 6.03 Å². The number of amides is 2. The molecule has 1 rings (SSSR count). The molecule has 0 bridgehead atoms. The molecule has 0 aromatic carbocycles. The Morgan fingerprint density at radius 2 is 2.55 bits per heavy atom. The highest BCUT2D eigenvalue weighted by Gasteiger charge is 2.13. The van der Waals surface area contributed by atoms with E-state index >= 15 is 0 Å². The first kappa shape index (κ1) is 8.04. The van der Waals surface area contributed by atoms with Crippen LogP contribution in [0.2, 0.25) is 0 Å². The van der Waals surface area contributed by atoms with Crippen LogP contribution in [0.5, 0.6) is 0 Å². The predicted octanol–water partition coefficient (Wildman–Crippen LogP) is 0.927. The zero-order valence-electron chi connectivity index (χ0n) is 6.71. The monoisotopic (exact) mass is 155 g/mol. The molecule has 1 aliphatic rings. The van der Waals surface area contributed by atoms with Crippen molar-refractivity contribution in [3.63, 3.8) is 0 Å². The smallest absolute Gasteiger partial charge is 0.335 e. The minimum absolute atomic E-state index is 0.448. The normalized spacial score (nSPS) is 17.9. The minimum Gasteiger partial charge on any atom is -0.350 e. The Kier molecular flexibility index (Phi) is 2.46. The molecule has 2 N–H and O–H groups in total. The Labute approximate surface area is 66.0 Å². The number of nitrogens with two attached hydrogens (primary N) is 1. The third-order valence-electron chi connectivity index (χ3n) is 1.76. The van der Waals surface area contributed by atoms with Gasteiger partial charge in [0.25, 0.3) is 0 Å². The van der Waals surface area contributed by atoms with E-state index in [1.54, 1.807) is 0 Å². The highest BCUT2D eigenvalue weighted by Crippen LogP contribution is 2.08. The Hall–Kier alpha value is -1.06. The fraction of sp³-hybridized carbons (Fsp3) is 0.714. The molecule has 4 heteroatoms. The van der Waals surface area contributed by atoms with Crippen molar-refractivity contribution in [3.05, 3.63) is 0 Å². The number of carbonyl (C=O) groups excluding carboxylic acids is 1. The molecule has 0 aromatic heterocycles. The quantitative estimate of drug-likeness (QED) is 0.601. The Morgan fingerprint density at radius 1 is 1.82 bits per heavy atom. The van der Waals surface area contributed by atoms with Crippen LogP contribution in [0.15, 0.2) is 5.10 Å². The predicted molar refractivity (Wildman–Crippen MR) is 43.2 cm³/mol. The maximum atomic E-state index is 10.7. The Balaban J connectivity index is 2.62. The summed E-state index contributed by atoms with van der Waals surface area (Å²) in [6, 6.07) is -0.448. The summed E-state index contributed by atoms with van der Waals surface area (Å²) in [4.78, 5) is 10.7. The molecular weight excluding hydrogens is 142 g/mol. The lowest BCUT2D eigenvalue weighted by atomic mass is 10.1. The van der Waals surface area contributed by atoms with E-state index in [0.717, 1.165) is 25.0 Å². The lowest BCUT2D eigenvalue weighted by Crippen LogP contribution is -2.35. The number of nitrogens with zero attached hydrogens (tertiary/aromatic N) is 2. The maximum absolute atomic E-state index is 10.7. The van der Waals surface area contributed by atoms with Gasteiger partial charge >= 0.3 is 6.03 Å². The second kappa shape index (κ2) is 3.37. The summed E-state index contributed by atoms with van der Waals surface area (Å²) in [6.45, 7) is 2.70. The molecule has 11 heavy (non-hydrogen) atoms. The van der Waals surface area contributed by atoms with Gasteiger partial charge in [-0.15, -0.1) is 0 Å². The first-order chi connectivity index (χ1) is 5.24. The van der Waals surface area contributed by atoms with Crippen molar-refractivity contribution in [1.29, 1.82) is 0 Å². The van der Waals surface area contributed by atoms with E-state index in [-0.39, 0.29) is 0 Å². The molecule has 2 amide bonds. The molecule has 0 radical (unpaired) electrons. The topological polar surface area (TPSA) is 58.7 Å². The summed E-state index contributed by atoms with van der Waals surface area (Å²) < 4.78 is 0. The van der Waals surface area contributed by atoms with E-state index in [0.29, 0.717) is 6.54 Å². The number of rotatable bonds is 1. The SMILES string of the molecule is CCC1=NN(C(N)=O)CCC1. The zero-order valence-corrected chi connectivity index (χ0v) is 6.71. The third kappa shape index (κ3) is 1.93. The van der Waals surface area contributed by atoms with E-state index in [1.807, 2.05) is 6.92 Å². The van der Waals surface area contributed by atoms with Crippen LogP contribution in [0.4, 0.5) is 4.79 Å². The second-order valence-corrected chi connectivity index (χ2v) is 2.58. The molecule has 0 aromatic rings. The number of urea groups is 1. The summed E-state index contributed by atoms with van der Waals surface area (Å²) in [5, 5.41) is 5.41. The number of carbonyl (C=O) groups is 1. The lowest BCUT2D eigenvalue weighted by molar-refractivity contribution is 0.206. The first-order valence-corrected chi connectivity index (χ1v) is 3.87. The molecular formula is C7H13N3O. The van der Waals surface area contributed by atoms with Gasteiger partial charge in [0.05, 0.1) is 0 Å². The molecule has 4 nitrogen and oxygen atoms in total. The van der Waals surface area contributed by atoms with E-state index in [2.05, 4.69) is 5.10 Å². The van der Waals surface area contributed by atoms with E-state index in [4.69, 9.17) is 5.73 Å². The van der Waals surface area contributed by atoms with Crippen LogP contribution in [-0.2, 0) is 0 Å². The van der Waals surface area contributed by atoms with Crippen LogP contribution >= 0.6 is 0 Å². The van der Waals surface area contributed by atoms with Crippen molar-refractivity contribution >= 4 is 11.7 Å². The molecule has 62 valence electrons. The number of hydrogen-bond donors (Lipinski definition) is 1. The average Bonchev–Trinajstić information content (AvgIpc) is 2.05. The summed E-state index contributed by atoms with van der Waals surface area (Å²) in [7, 11) is 0. The summed E-state index contributed by atoms with van der Waals surface area (Å²) in [6.07, 6.45) is 2.89. The first-order valence-electron chi connectivity index (χ1n) is 3.87. The molecule has 0 atom stereocenters. The lowest BCUT2D eigenvalue weighted by Gasteiger charge is -2.20. The average molecular weight is 155 g/mol. The van der Waals surface area contributed by atoms with Gasteiger partial charge in [0, 0.05) is 12.3 Å². The van der Waals surface area contributed by atoms with E-state index in [9.17, 15) is 4.79 Å². The van der Waals surface area contributed by atoms with Gasteiger partial charge in [0.1, 0.15) is 0 Å². The van der Waals surface area contributed by atoms with Gasteiger partial charge in [0.2, 0.25) is 0 Å². The van der Waals surface area contributed by atoms with E-state index in [1.165, 1.54) is 5.01 Å². The fourth-order valence-electron chi connectivity index (χ4n) is 1.11. The van der Waals surface area contributed by atoms with Crippen LogP contribution < -0.4 is 5.73 Å². The van der Waals surface area contributed by atoms with Crippen molar-refractivity contribution in [1.82, 2.24) is 5.01 Å². The van der Waals surface area contributed by atoms with Crippen LogP contribution in [0.1, 0.15) is 26.2 Å². The number of hydrazone groups is 1. The second-order valence-electron chi connectivity index (χ2n) is 2.58. The fourth-order valence-corrected chi connectivity index (χ4v) is 1.11. The van der Waals surface area contributed by atoms with Crippen LogP contribution in [0.3, 0.4) is 0 Å². The van der Waals surface area contributed by atoms with Gasteiger partial charge in [-0.05, 0) is 19.3 Å². The summed E-state index contributed by atoms with van der Waals surface area (Å²) in [5.74, 6) is 0. The van der Waals surface area contributed by atoms with Gasteiger partial charge in [-0.25, -0.2) is 9.80 Å². The van der Waals surface area contributed by atoms with Crippen molar-refractivity contribution in [2.24, 2.45) is 10.8 Å². The van der Waals surface area contributed by atoms with Gasteiger partial charge in [-0.3, -0.25) is 0 Å². The highest BCUT2D eigenvalue weighted by atomic mass is 16.2. The van der Waals surface area contributed by atoms with Crippen LogP contribution in [0, 0.1) is 0 Å². The molecule has 0 fully saturated rings. The van der Waals surface area contributed by atoms with Crippen molar-refractivity contribution in [2.45, 2.75) is 26.2 Å². The number of hydrogen-bond acceptors (Lipinski definition) is 2. The Bertz CT molecular complexity index is 188. The third-order valence-corrected chi connectivity index (χ3v) is 1.76. The van der Waals surface area contributed by atoms with Gasteiger partial charge in [0.15, 0.2) is 0 Å². The molecule has 1 heterocycles. The van der Waals surface area contributed by atoms with Gasteiger partial charge in [-0.1, -0.05) is 6.92 Å². The molecule has 0 saturated carbocycles.